The monoisotopic (exact) mass is 330 g/mol. The van der Waals surface area contributed by atoms with Crippen LogP contribution in [0.25, 0.3) is 0 Å². The molecule has 0 amide bonds. The summed E-state index contributed by atoms with van der Waals surface area (Å²) in [4.78, 5) is 1.20. The van der Waals surface area contributed by atoms with Gasteiger partial charge in [-0.1, -0.05) is 11.6 Å². The van der Waals surface area contributed by atoms with Crippen LogP contribution in [0.2, 0.25) is 5.02 Å². The second-order valence-electron chi connectivity index (χ2n) is 3.89. The van der Waals surface area contributed by atoms with Crippen LogP contribution in [0.5, 0.6) is 5.75 Å². The molecule has 1 aromatic heterocycles. The van der Waals surface area contributed by atoms with Crippen molar-refractivity contribution in [3.05, 3.63) is 49.1 Å². The number of thiophene rings is 1. The number of halogens is 2. The first-order valence-electron chi connectivity index (χ1n) is 5.18. The van der Waals surface area contributed by atoms with E-state index in [1.807, 2.05) is 26.0 Å². The summed E-state index contributed by atoms with van der Waals surface area (Å²) in [6, 6.07) is 6.01. The molecule has 0 bridgehead atoms. The SMILES string of the molecule is Cc1cc(OCc2cc(Br)cs2)cc(C)c1Cl. The molecule has 0 saturated heterocycles. The maximum atomic E-state index is 6.11. The Morgan fingerprint density at radius 2 is 1.88 bits per heavy atom. The summed E-state index contributed by atoms with van der Waals surface area (Å²) in [6.45, 7) is 4.57. The summed E-state index contributed by atoms with van der Waals surface area (Å²) in [5, 5.41) is 2.87. The third-order valence-corrected chi connectivity index (χ3v) is 4.68. The highest BCUT2D eigenvalue weighted by Gasteiger charge is 2.04. The maximum Gasteiger partial charge on any atom is 0.122 e. The zero-order chi connectivity index (χ0) is 12.4. The van der Waals surface area contributed by atoms with E-state index in [9.17, 15) is 0 Å². The Morgan fingerprint density at radius 3 is 2.41 bits per heavy atom. The molecular weight excluding hydrogens is 320 g/mol. The molecule has 0 spiro atoms. The van der Waals surface area contributed by atoms with E-state index in [4.69, 9.17) is 16.3 Å². The molecule has 17 heavy (non-hydrogen) atoms. The van der Waals surface area contributed by atoms with Gasteiger partial charge in [-0.3, -0.25) is 0 Å². The molecule has 0 aliphatic carbocycles. The van der Waals surface area contributed by atoms with Gasteiger partial charge in [-0.05, 0) is 59.1 Å². The minimum Gasteiger partial charge on any atom is -0.488 e. The fourth-order valence-electron chi connectivity index (χ4n) is 1.57. The van der Waals surface area contributed by atoms with E-state index in [0.717, 1.165) is 26.4 Å². The largest absolute Gasteiger partial charge is 0.488 e. The molecule has 90 valence electrons. The number of rotatable bonds is 3. The van der Waals surface area contributed by atoms with Gasteiger partial charge in [-0.2, -0.15) is 0 Å². The van der Waals surface area contributed by atoms with E-state index in [1.54, 1.807) is 11.3 Å². The minimum absolute atomic E-state index is 0.594. The zero-order valence-corrected chi connectivity index (χ0v) is 12.7. The lowest BCUT2D eigenvalue weighted by Crippen LogP contribution is -1.94. The van der Waals surface area contributed by atoms with E-state index in [2.05, 4.69) is 27.4 Å². The minimum atomic E-state index is 0.594. The molecule has 0 fully saturated rings. The van der Waals surface area contributed by atoms with E-state index in [1.165, 1.54) is 4.88 Å². The summed E-state index contributed by atoms with van der Waals surface area (Å²) >= 11 is 11.2. The molecule has 0 saturated carbocycles. The molecule has 1 heterocycles. The fraction of sp³-hybridized carbons (Fsp3) is 0.231. The molecule has 0 atom stereocenters. The predicted octanol–water partition coefficient (Wildman–Crippen LogP) is 5.36. The highest BCUT2D eigenvalue weighted by Crippen LogP contribution is 2.27. The van der Waals surface area contributed by atoms with Gasteiger partial charge >= 0.3 is 0 Å². The molecule has 1 aromatic carbocycles. The molecule has 2 rings (SSSR count). The normalized spacial score (nSPS) is 10.6. The van der Waals surface area contributed by atoms with Crippen LogP contribution < -0.4 is 4.74 Å². The van der Waals surface area contributed by atoms with Gasteiger partial charge in [0.25, 0.3) is 0 Å². The van der Waals surface area contributed by atoms with Crippen LogP contribution in [0.15, 0.2) is 28.1 Å². The quantitative estimate of drug-likeness (QED) is 0.735. The molecule has 0 unspecified atom stereocenters. The molecule has 2 aromatic rings. The van der Waals surface area contributed by atoms with E-state index < -0.39 is 0 Å². The second kappa shape index (κ2) is 5.42. The van der Waals surface area contributed by atoms with Crippen molar-refractivity contribution in [1.29, 1.82) is 0 Å². The van der Waals surface area contributed by atoms with Crippen molar-refractivity contribution in [2.24, 2.45) is 0 Å². The van der Waals surface area contributed by atoms with Crippen LogP contribution in [0.1, 0.15) is 16.0 Å². The van der Waals surface area contributed by atoms with Crippen molar-refractivity contribution in [2.75, 3.05) is 0 Å². The number of hydrogen-bond donors (Lipinski definition) is 0. The first kappa shape index (κ1) is 12.9. The van der Waals surface area contributed by atoms with Crippen molar-refractivity contribution >= 4 is 38.9 Å². The Morgan fingerprint density at radius 1 is 1.24 bits per heavy atom. The van der Waals surface area contributed by atoms with Crippen molar-refractivity contribution in [3.63, 3.8) is 0 Å². The van der Waals surface area contributed by atoms with Crippen LogP contribution in [-0.2, 0) is 6.61 Å². The Hall–Kier alpha value is -0.510. The highest BCUT2D eigenvalue weighted by molar-refractivity contribution is 9.10. The van der Waals surface area contributed by atoms with Crippen LogP contribution in [0.3, 0.4) is 0 Å². The summed E-state index contributed by atoms with van der Waals surface area (Å²) < 4.78 is 6.85. The van der Waals surface area contributed by atoms with Crippen molar-refractivity contribution in [3.8, 4) is 5.75 Å². The van der Waals surface area contributed by atoms with Crippen molar-refractivity contribution < 1.29 is 4.74 Å². The van der Waals surface area contributed by atoms with Crippen LogP contribution in [0.4, 0.5) is 0 Å². The van der Waals surface area contributed by atoms with Crippen LogP contribution >= 0.6 is 38.9 Å². The fourth-order valence-corrected chi connectivity index (χ4v) is 3.04. The molecular formula is C13H12BrClOS. The van der Waals surface area contributed by atoms with Gasteiger partial charge in [0.2, 0.25) is 0 Å². The predicted molar refractivity (Wildman–Crippen MR) is 77.3 cm³/mol. The zero-order valence-electron chi connectivity index (χ0n) is 9.59. The lowest BCUT2D eigenvalue weighted by atomic mass is 10.1. The summed E-state index contributed by atoms with van der Waals surface area (Å²) in [7, 11) is 0. The first-order chi connectivity index (χ1) is 8.06. The molecule has 0 aliphatic heterocycles. The molecule has 1 nitrogen and oxygen atoms in total. The molecule has 0 aliphatic rings. The van der Waals surface area contributed by atoms with Crippen molar-refractivity contribution in [2.45, 2.75) is 20.5 Å². The van der Waals surface area contributed by atoms with Gasteiger partial charge in [-0.25, -0.2) is 0 Å². The summed E-state index contributed by atoms with van der Waals surface area (Å²) in [5.41, 5.74) is 2.10. The van der Waals surface area contributed by atoms with E-state index in [-0.39, 0.29) is 0 Å². The standard InChI is InChI=1S/C13H12BrClOS/c1-8-3-11(4-9(2)13(8)15)16-6-12-5-10(14)7-17-12/h3-5,7H,6H2,1-2H3. The average Bonchev–Trinajstić information content (AvgIpc) is 2.69. The van der Waals surface area contributed by atoms with Gasteiger partial charge in [0, 0.05) is 19.8 Å². The first-order valence-corrected chi connectivity index (χ1v) is 7.24. The number of ether oxygens (including phenoxy) is 1. The number of hydrogen-bond acceptors (Lipinski definition) is 2. The van der Waals surface area contributed by atoms with Crippen molar-refractivity contribution in [1.82, 2.24) is 0 Å². The van der Waals surface area contributed by atoms with E-state index in [0.29, 0.717) is 6.61 Å². The van der Waals surface area contributed by atoms with Gasteiger partial charge in [0.05, 0.1) is 0 Å². The lowest BCUT2D eigenvalue weighted by molar-refractivity contribution is 0.309. The number of aryl methyl sites for hydroxylation is 2. The number of benzene rings is 1. The third-order valence-electron chi connectivity index (χ3n) is 2.41. The molecule has 4 heteroatoms. The van der Waals surface area contributed by atoms with Gasteiger partial charge in [-0.15, -0.1) is 11.3 Å². The smallest absolute Gasteiger partial charge is 0.122 e. The van der Waals surface area contributed by atoms with Gasteiger partial charge < -0.3 is 4.74 Å². The van der Waals surface area contributed by atoms with Crippen LogP contribution in [0, 0.1) is 13.8 Å². The van der Waals surface area contributed by atoms with E-state index >= 15 is 0 Å². The molecule has 0 N–H and O–H groups in total. The van der Waals surface area contributed by atoms with Crippen LogP contribution in [-0.4, -0.2) is 0 Å². The van der Waals surface area contributed by atoms with Gasteiger partial charge in [0.1, 0.15) is 12.4 Å². The Balaban J connectivity index is 2.09. The Labute approximate surface area is 119 Å². The molecule has 0 radical (unpaired) electrons. The van der Waals surface area contributed by atoms with Gasteiger partial charge in [0.15, 0.2) is 0 Å². The maximum absolute atomic E-state index is 6.11. The summed E-state index contributed by atoms with van der Waals surface area (Å²) in [5.74, 6) is 0.869. The Bertz CT molecular complexity index is 513. The summed E-state index contributed by atoms with van der Waals surface area (Å²) in [6.07, 6.45) is 0. The second-order valence-corrected chi connectivity index (χ2v) is 6.18. The lowest BCUT2D eigenvalue weighted by Gasteiger charge is -2.09. The topological polar surface area (TPSA) is 9.23 Å². The highest BCUT2D eigenvalue weighted by atomic mass is 79.9. The Kier molecular flexibility index (Phi) is 4.13. The average molecular weight is 332 g/mol. The third kappa shape index (κ3) is 3.24.